The van der Waals surface area contributed by atoms with E-state index in [1.165, 1.54) is 0 Å². The Labute approximate surface area is 91.7 Å². The Kier molecular flexibility index (Phi) is 10.8. The van der Waals surface area contributed by atoms with Crippen molar-refractivity contribution in [2.45, 2.75) is 0 Å². The van der Waals surface area contributed by atoms with Crippen LogP contribution in [0.5, 0.6) is 0 Å². The SMILES string of the molecule is [Na+].[O-]/N=[N+](\[O-])N(CCO)CCO. The van der Waals surface area contributed by atoms with E-state index in [0.717, 1.165) is 5.01 Å². The van der Waals surface area contributed by atoms with E-state index in [9.17, 15) is 10.4 Å². The summed E-state index contributed by atoms with van der Waals surface area (Å²) in [6.07, 6.45) is 0. The van der Waals surface area contributed by atoms with E-state index in [4.69, 9.17) is 10.2 Å². The van der Waals surface area contributed by atoms with Crippen LogP contribution in [-0.4, -0.2) is 46.5 Å². The van der Waals surface area contributed by atoms with Crippen molar-refractivity contribution in [3.8, 4) is 0 Å². The molecule has 0 saturated carbocycles. The number of hydrazine groups is 1. The molecule has 66 valence electrons. The van der Waals surface area contributed by atoms with Crippen LogP contribution in [0.1, 0.15) is 0 Å². The Morgan fingerprint density at radius 2 is 1.67 bits per heavy atom. The molecule has 2 N–H and O–H groups in total. The first-order chi connectivity index (χ1) is 5.26. The Morgan fingerprint density at radius 3 is 1.92 bits per heavy atom. The first-order valence-corrected chi connectivity index (χ1v) is 3.03. The van der Waals surface area contributed by atoms with Crippen LogP contribution in [0.15, 0.2) is 5.28 Å². The number of aliphatic hydroxyl groups excluding tert-OH is 2. The van der Waals surface area contributed by atoms with E-state index in [2.05, 4.69) is 5.28 Å². The molecule has 0 aromatic carbocycles. The van der Waals surface area contributed by atoms with Gasteiger partial charge in [0.05, 0.1) is 26.3 Å². The van der Waals surface area contributed by atoms with Crippen molar-refractivity contribution in [1.29, 1.82) is 0 Å². The molecule has 0 spiro atoms. The van der Waals surface area contributed by atoms with E-state index in [1.807, 2.05) is 0 Å². The van der Waals surface area contributed by atoms with Gasteiger partial charge in [0.2, 0.25) is 0 Å². The van der Waals surface area contributed by atoms with Crippen molar-refractivity contribution in [2.24, 2.45) is 5.28 Å². The zero-order chi connectivity index (χ0) is 8.69. The van der Waals surface area contributed by atoms with Crippen molar-refractivity contribution >= 4 is 0 Å². The van der Waals surface area contributed by atoms with Crippen molar-refractivity contribution in [1.82, 2.24) is 5.01 Å². The van der Waals surface area contributed by atoms with Gasteiger partial charge in [0.25, 0.3) is 0 Å². The molecule has 0 saturated heterocycles. The van der Waals surface area contributed by atoms with Crippen molar-refractivity contribution < 1.29 is 44.7 Å². The molecule has 0 radical (unpaired) electrons. The molecule has 0 unspecified atom stereocenters. The fraction of sp³-hybridized carbons (Fsp3) is 1.00. The van der Waals surface area contributed by atoms with Crippen LogP contribution in [0, 0.1) is 10.4 Å². The van der Waals surface area contributed by atoms with Gasteiger partial charge >= 0.3 is 29.6 Å². The maximum absolute atomic E-state index is 10.4. The van der Waals surface area contributed by atoms with E-state index in [-0.39, 0.29) is 60.8 Å². The van der Waals surface area contributed by atoms with Gasteiger partial charge in [0.15, 0.2) is 0 Å². The van der Waals surface area contributed by atoms with Gasteiger partial charge in [-0.15, -0.1) is 5.01 Å². The van der Waals surface area contributed by atoms with Crippen molar-refractivity contribution in [2.75, 3.05) is 26.3 Å². The fourth-order valence-corrected chi connectivity index (χ4v) is 0.565. The van der Waals surface area contributed by atoms with Gasteiger partial charge in [-0.2, -0.15) is 0 Å². The van der Waals surface area contributed by atoms with Crippen LogP contribution in [-0.2, 0) is 0 Å². The molecular weight excluding hydrogens is 177 g/mol. The van der Waals surface area contributed by atoms with Crippen molar-refractivity contribution in [3.63, 3.8) is 0 Å². The minimum atomic E-state index is -0.270. The number of hydrogen-bond donors (Lipinski definition) is 2. The molecule has 7 nitrogen and oxygen atoms in total. The molecule has 8 heteroatoms. The fourth-order valence-electron chi connectivity index (χ4n) is 0.565. The van der Waals surface area contributed by atoms with Crippen LogP contribution in [0.2, 0.25) is 0 Å². The van der Waals surface area contributed by atoms with Gasteiger partial charge in [-0.25, -0.2) is 0 Å². The summed E-state index contributed by atoms with van der Waals surface area (Å²) in [4.78, 5) is -0.202. The summed E-state index contributed by atoms with van der Waals surface area (Å²) in [5.41, 5.74) is 0. The first-order valence-electron chi connectivity index (χ1n) is 3.03. The smallest absolute Gasteiger partial charge is 0.737 e. The van der Waals surface area contributed by atoms with E-state index in [0.29, 0.717) is 0 Å². The Hall–Kier alpha value is -0.0800. The predicted octanol–water partition coefficient (Wildman–Crippen LogP) is -4.35. The summed E-state index contributed by atoms with van der Waals surface area (Å²) in [6.45, 7) is -0.575. The molecule has 0 aliphatic rings. The molecular formula is C4H10N3NaO4. The molecule has 0 amide bonds. The van der Waals surface area contributed by atoms with Crippen LogP contribution < -0.4 is 29.6 Å². The molecule has 0 fully saturated rings. The third kappa shape index (κ3) is 5.56. The number of nitrogens with zero attached hydrogens (tertiary/aromatic N) is 3. The number of aliphatic hydroxyl groups is 2. The minimum absolute atomic E-state index is 0. The summed E-state index contributed by atoms with van der Waals surface area (Å²) < 4.78 is 0. The van der Waals surface area contributed by atoms with Gasteiger partial charge in [-0.05, 0) is 5.28 Å². The maximum atomic E-state index is 10.4. The largest absolute Gasteiger partial charge is 1.00 e. The van der Waals surface area contributed by atoms with Gasteiger partial charge in [-0.1, -0.05) is 0 Å². The number of rotatable bonds is 5. The Morgan fingerprint density at radius 1 is 1.25 bits per heavy atom. The average molecular weight is 187 g/mol. The molecule has 0 atom stereocenters. The molecule has 0 heterocycles. The second-order valence-corrected chi connectivity index (χ2v) is 1.74. The normalized spacial score (nSPS) is 10.7. The summed E-state index contributed by atoms with van der Waals surface area (Å²) in [6, 6.07) is 0. The summed E-state index contributed by atoms with van der Waals surface area (Å²) >= 11 is 0. The van der Waals surface area contributed by atoms with Crippen LogP contribution in [0.4, 0.5) is 0 Å². The molecule has 0 aliphatic heterocycles. The van der Waals surface area contributed by atoms with Gasteiger partial charge < -0.3 is 20.6 Å². The monoisotopic (exact) mass is 187 g/mol. The first kappa shape index (κ1) is 14.4. The van der Waals surface area contributed by atoms with E-state index < -0.39 is 0 Å². The zero-order valence-electron chi connectivity index (χ0n) is 6.88. The van der Waals surface area contributed by atoms with Gasteiger partial charge in [-0.3, -0.25) is 0 Å². The van der Waals surface area contributed by atoms with E-state index in [1.54, 1.807) is 0 Å². The molecule has 12 heavy (non-hydrogen) atoms. The molecule has 0 aliphatic carbocycles. The van der Waals surface area contributed by atoms with Crippen LogP contribution >= 0.6 is 0 Å². The molecule has 0 aromatic rings. The third-order valence-corrected chi connectivity index (χ3v) is 1.03. The molecule has 0 rings (SSSR count). The van der Waals surface area contributed by atoms with Crippen LogP contribution in [0.25, 0.3) is 0 Å². The quantitative estimate of drug-likeness (QED) is 0.196. The molecule has 0 aromatic heterocycles. The zero-order valence-corrected chi connectivity index (χ0v) is 8.88. The number of hydrogen-bond acceptors (Lipinski definition) is 5. The summed E-state index contributed by atoms with van der Waals surface area (Å²) in [5, 5.41) is 39.8. The second kappa shape index (κ2) is 9.01. The third-order valence-electron chi connectivity index (χ3n) is 1.03. The average Bonchev–Trinajstić information content (AvgIpc) is 2.03. The van der Waals surface area contributed by atoms with Gasteiger partial charge in [0.1, 0.15) is 0 Å². The minimum Gasteiger partial charge on any atom is -0.737 e. The van der Waals surface area contributed by atoms with E-state index >= 15 is 0 Å². The Bertz CT molecular complexity index is 127. The van der Waals surface area contributed by atoms with Crippen molar-refractivity contribution in [3.05, 3.63) is 10.4 Å². The van der Waals surface area contributed by atoms with Gasteiger partial charge in [0, 0.05) is 4.97 Å². The summed E-state index contributed by atoms with van der Waals surface area (Å²) in [7, 11) is 0. The topological polar surface area (TPSA) is 105 Å². The van der Waals surface area contributed by atoms with Crippen LogP contribution in [0.3, 0.4) is 0 Å². The Balaban J connectivity index is 0. The summed E-state index contributed by atoms with van der Waals surface area (Å²) in [5.74, 6) is 0. The maximum Gasteiger partial charge on any atom is 1.00 e. The second-order valence-electron chi connectivity index (χ2n) is 1.74. The standard InChI is InChI=1S/C4H11N3O4.Na/c8-3-1-6(2-4-9)7(11)5-10;/h8-10H,1-4H2;/q;+1/p-1/b7-5-;. The molecule has 0 bridgehead atoms. The predicted molar refractivity (Wildman–Crippen MR) is 35.2 cm³/mol.